The molecule has 6 nitrogen and oxygen atoms in total. The molecule has 0 unspecified atom stereocenters. The molecule has 9 heteroatoms. The smallest absolute Gasteiger partial charge is 0.387 e. The first kappa shape index (κ1) is 21.1. The minimum atomic E-state index is -2.84. The standard InChI is InChI=1S/C16H20F2N4O2.HI/c1-10-11(2)23-14(22-10)9-21-16(19-3)20-8-12-5-4-6-13(7-12)24-15(17)18;/h4-7,15H,8-9H2,1-3H3,(H2,19,20,21);1H. The van der Waals surface area contributed by atoms with Gasteiger partial charge in [-0.3, -0.25) is 4.99 Å². The van der Waals surface area contributed by atoms with Crippen LogP contribution in [0.25, 0.3) is 0 Å². The third-order valence-electron chi connectivity index (χ3n) is 3.29. The average molecular weight is 466 g/mol. The summed E-state index contributed by atoms with van der Waals surface area (Å²) in [6.07, 6.45) is 0. The van der Waals surface area contributed by atoms with Crippen LogP contribution in [0, 0.1) is 13.8 Å². The fourth-order valence-corrected chi connectivity index (χ4v) is 2.01. The molecule has 0 saturated heterocycles. The van der Waals surface area contributed by atoms with Gasteiger partial charge in [-0.15, -0.1) is 24.0 Å². The predicted octanol–water partition coefficient (Wildman–Crippen LogP) is 3.38. The Morgan fingerprint density at radius 2 is 2.00 bits per heavy atom. The summed E-state index contributed by atoms with van der Waals surface area (Å²) in [6.45, 7) is 1.69. The van der Waals surface area contributed by atoms with Crippen molar-refractivity contribution in [2.24, 2.45) is 4.99 Å². The molecule has 0 aliphatic heterocycles. The molecule has 2 rings (SSSR count). The molecule has 1 aromatic heterocycles. The Morgan fingerprint density at radius 1 is 1.28 bits per heavy atom. The van der Waals surface area contributed by atoms with Crippen LogP contribution >= 0.6 is 24.0 Å². The first-order chi connectivity index (χ1) is 11.5. The normalized spacial score (nSPS) is 11.2. The summed E-state index contributed by atoms with van der Waals surface area (Å²) in [5, 5.41) is 6.16. The van der Waals surface area contributed by atoms with E-state index in [4.69, 9.17) is 4.42 Å². The SMILES string of the molecule is CN=C(NCc1cccc(OC(F)F)c1)NCc1nc(C)c(C)o1.I. The molecule has 0 aliphatic carbocycles. The Bertz CT molecular complexity index is 688. The van der Waals surface area contributed by atoms with Crippen LogP contribution in [0.15, 0.2) is 33.7 Å². The number of alkyl halides is 2. The Morgan fingerprint density at radius 3 is 2.60 bits per heavy atom. The number of ether oxygens (including phenoxy) is 1. The number of hydrogen-bond donors (Lipinski definition) is 2. The van der Waals surface area contributed by atoms with Gasteiger partial charge < -0.3 is 19.8 Å². The van der Waals surface area contributed by atoms with Gasteiger partial charge in [0.15, 0.2) is 5.96 Å². The van der Waals surface area contributed by atoms with Crippen molar-refractivity contribution in [2.75, 3.05) is 7.05 Å². The van der Waals surface area contributed by atoms with E-state index in [0.29, 0.717) is 24.9 Å². The minimum Gasteiger partial charge on any atom is -0.444 e. The van der Waals surface area contributed by atoms with Gasteiger partial charge in [0.25, 0.3) is 0 Å². The van der Waals surface area contributed by atoms with Gasteiger partial charge in [0.05, 0.1) is 12.2 Å². The lowest BCUT2D eigenvalue weighted by molar-refractivity contribution is -0.0498. The maximum Gasteiger partial charge on any atom is 0.387 e. The second-order valence-corrected chi connectivity index (χ2v) is 5.05. The molecule has 2 aromatic rings. The van der Waals surface area contributed by atoms with Crippen molar-refractivity contribution in [3.05, 3.63) is 47.2 Å². The van der Waals surface area contributed by atoms with Crippen molar-refractivity contribution >= 4 is 29.9 Å². The molecule has 25 heavy (non-hydrogen) atoms. The van der Waals surface area contributed by atoms with Gasteiger partial charge in [-0.25, -0.2) is 4.98 Å². The summed E-state index contributed by atoms with van der Waals surface area (Å²) in [4.78, 5) is 8.37. The molecule has 1 heterocycles. The van der Waals surface area contributed by atoms with E-state index in [0.717, 1.165) is 17.0 Å². The molecule has 0 atom stereocenters. The number of nitrogens with zero attached hydrogens (tertiary/aromatic N) is 2. The molecule has 1 aromatic carbocycles. The van der Waals surface area contributed by atoms with Gasteiger partial charge >= 0.3 is 6.61 Å². The highest BCUT2D eigenvalue weighted by atomic mass is 127. The van der Waals surface area contributed by atoms with Crippen molar-refractivity contribution in [1.29, 1.82) is 0 Å². The maximum atomic E-state index is 12.2. The van der Waals surface area contributed by atoms with E-state index in [9.17, 15) is 8.78 Å². The lowest BCUT2D eigenvalue weighted by Crippen LogP contribution is -2.36. The highest BCUT2D eigenvalue weighted by Gasteiger charge is 2.07. The van der Waals surface area contributed by atoms with Gasteiger partial charge in [0, 0.05) is 13.6 Å². The molecule has 0 saturated carbocycles. The largest absolute Gasteiger partial charge is 0.444 e. The van der Waals surface area contributed by atoms with Gasteiger partial charge in [-0.2, -0.15) is 8.78 Å². The molecule has 0 spiro atoms. The van der Waals surface area contributed by atoms with E-state index < -0.39 is 6.61 Å². The number of hydrogen-bond acceptors (Lipinski definition) is 4. The predicted molar refractivity (Wildman–Crippen MR) is 102 cm³/mol. The fraction of sp³-hybridized carbons (Fsp3) is 0.375. The fourth-order valence-electron chi connectivity index (χ4n) is 2.01. The van der Waals surface area contributed by atoms with Crippen LogP contribution in [0.5, 0.6) is 5.75 Å². The zero-order valence-corrected chi connectivity index (χ0v) is 16.5. The number of nitrogens with one attached hydrogen (secondary N) is 2. The van der Waals surface area contributed by atoms with Gasteiger partial charge in [-0.05, 0) is 31.5 Å². The van der Waals surface area contributed by atoms with Crippen LogP contribution in [0.2, 0.25) is 0 Å². The highest BCUT2D eigenvalue weighted by molar-refractivity contribution is 14.0. The third kappa shape index (κ3) is 6.85. The molecule has 0 aliphatic rings. The number of rotatable bonds is 6. The second kappa shape index (κ2) is 10.2. The molecule has 0 radical (unpaired) electrons. The van der Waals surface area contributed by atoms with Crippen LogP contribution in [-0.4, -0.2) is 24.6 Å². The molecular formula is C16H21F2IN4O2. The van der Waals surface area contributed by atoms with E-state index in [1.165, 1.54) is 6.07 Å². The van der Waals surface area contributed by atoms with E-state index in [1.54, 1.807) is 25.2 Å². The molecule has 138 valence electrons. The Balaban J connectivity index is 0.00000312. The number of aromatic nitrogens is 1. The number of halogens is 3. The third-order valence-corrected chi connectivity index (χ3v) is 3.29. The molecular weight excluding hydrogens is 445 g/mol. The number of aliphatic imine (C=N–C) groups is 1. The Kier molecular flexibility index (Phi) is 8.59. The summed E-state index contributed by atoms with van der Waals surface area (Å²) < 4.78 is 34.3. The van der Waals surface area contributed by atoms with Gasteiger partial charge in [0.2, 0.25) is 5.89 Å². The lowest BCUT2D eigenvalue weighted by atomic mass is 10.2. The van der Waals surface area contributed by atoms with Crippen molar-refractivity contribution in [3.63, 3.8) is 0 Å². The summed E-state index contributed by atoms with van der Waals surface area (Å²) >= 11 is 0. The van der Waals surface area contributed by atoms with Crippen LogP contribution in [0.3, 0.4) is 0 Å². The number of guanidine groups is 1. The number of aryl methyl sites for hydroxylation is 2. The minimum absolute atomic E-state index is 0. The molecule has 0 bridgehead atoms. The van der Waals surface area contributed by atoms with E-state index in [2.05, 4.69) is 25.3 Å². The van der Waals surface area contributed by atoms with Crippen LogP contribution in [-0.2, 0) is 13.1 Å². The number of oxazole rings is 1. The first-order valence-corrected chi connectivity index (χ1v) is 7.39. The van der Waals surface area contributed by atoms with Crippen LogP contribution in [0.4, 0.5) is 8.78 Å². The zero-order valence-electron chi connectivity index (χ0n) is 14.2. The number of benzene rings is 1. The summed E-state index contributed by atoms with van der Waals surface area (Å²) in [7, 11) is 1.64. The lowest BCUT2D eigenvalue weighted by Gasteiger charge is -2.11. The topological polar surface area (TPSA) is 71.7 Å². The summed E-state index contributed by atoms with van der Waals surface area (Å²) in [5.41, 5.74) is 1.64. The quantitative estimate of drug-likeness (QED) is 0.388. The van der Waals surface area contributed by atoms with E-state index >= 15 is 0 Å². The van der Waals surface area contributed by atoms with E-state index in [-0.39, 0.29) is 29.7 Å². The molecule has 2 N–H and O–H groups in total. The highest BCUT2D eigenvalue weighted by Crippen LogP contribution is 2.15. The first-order valence-electron chi connectivity index (χ1n) is 7.39. The van der Waals surface area contributed by atoms with Crippen molar-refractivity contribution in [3.8, 4) is 5.75 Å². The maximum absolute atomic E-state index is 12.2. The van der Waals surface area contributed by atoms with Crippen molar-refractivity contribution in [2.45, 2.75) is 33.5 Å². The Labute approximate surface area is 162 Å². The monoisotopic (exact) mass is 466 g/mol. The zero-order chi connectivity index (χ0) is 17.5. The average Bonchev–Trinajstić information content (AvgIpc) is 2.85. The summed E-state index contributed by atoms with van der Waals surface area (Å²) in [6, 6.07) is 6.49. The van der Waals surface area contributed by atoms with Gasteiger partial charge in [-0.1, -0.05) is 12.1 Å². The summed E-state index contributed by atoms with van der Waals surface area (Å²) in [5.74, 6) is 2.02. The van der Waals surface area contributed by atoms with E-state index in [1.807, 2.05) is 13.8 Å². The molecule has 0 amide bonds. The Hall–Kier alpha value is -1.91. The van der Waals surface area contributed by atoms with Crippen molar-refractivity contribution < 1.29 is 17.9 Å². The molecule has 0 fully saturated rings. The van der Waals surface area contributed by atoms with Crippen LogP contribution in [0.1, 0.15) is 22.9 Å². The second-order valence-electron chi connectivity index (χ2n) is 5.05. The van der Waals surface area contributed by atoms with Crippen molar-refractivity contribution in [1.82, 2.24) is 15.6 Å². The van der Waals surface area contributed by atoms with Gasteiger partial charge in [0.1, 0.15) is 11.5 Å². The van der Waals surface area contributed by atoms with Crippen LogP contribution < -0.4 is 15.4 Å².